The number of esters is 1. The third kappa shape index (κ3) is 3.02. The van der Waals surface area contributed by atoms with Crippen molar-refractivity contribution < 1.29 is 9.53 Å². The Balaban J connectivity index is 2.57. The second-order valence-corrected chi connectivity index (χ2v) is 4.89. The standard InChI is InChI=1S/C16H18N2O3/c1-5-21-16(20)13-9-14(17-18(4)15(13)19)12-7-6-10(2)11(3)8-12/h6-9H,5H2,1-4H3. The van der Waals surface area contributed by atoms with E-state index in [1.807, 2.05) is 32.0 Å². The van der Waals surface area contributed by atoms with E-state index in [1.165, 1.54) is 18.7 Å². The molecule has 0 saturated heterocycles. The molecule has 0 saturated carbocycles. The molecular weight excluding hydrogens is 268 g/mol. The van der Waals surface area contributed by atoms with Gasteiger partial charge >= 0.3 is 5.97 Å². The highest BCUT2D eigenvalue weighted by Crippen LogP contribution is 2.20. The molecule has 0 N–H and O–H groups in total. The van der Waals surface area contributed by atoms with Crippen LogP contribution in [-0.2, 0) is 11.8 Å². The second kappa shape index (κ2) is 5.91. The van der Waals surface area contributed by atoms with Crippen LogP contribution in [0, 0.1) is 13.8 Å². The largest absolute Gasteiger partial charge is 0.462 e. The zero-order chi connectivity index (χ0) is 15.6. The lowest BCUT2D eigenvalue weighted by molar-refractivity contribution is 0.0523. The summed E-state index contributed by atoms with van der Waals surface area (Å²) in [6.07, 6.45) is 0. The highest BCUT2D eigenvalue weighted by atomic mass is 16.5. The average Bonchev–Trinajstić information content (AvgIpc) is 2.45. The maximum Gasteiger partial charge on any atom is 0.343 e. The van der Waals surface area contributed by atoms with Gasteiger partial charge in [0.25, 0.3) is 5.56 Å². The van der Waals surface area contributed by atoms with Gasteiger partial charge in [-0.3, -0.25) is 4.79 Å². The van der Waals surface area contributed by atoms with Crippen LogP contribution < -0.4 is 5.56 Å². The van der Waals surface area contributed by atoms with E-state index in [2.05, 4.69) is 5.10 Å². The summed E-state index contributed by atoms with van der Waals surface area (Å²) in [5.74, 6) is -0.620. The van der Waals surface area contributed by atoms with Crippen molar-refractivity contribution in [3.8, 4) is 11.3 Å². The number of carbonyl (C=O) groups is 1. The molecule has 2 rings (SSSR count). The van der Waals surface area contributed by atoms with Crippen LogP contribution in [0.4, 0.5) is 0 Å². The van der Waals surface area contributed by atoms with Crippen molar-refractivity contribution in [3.63, 3.8) is 0 Å². The highest BCUT2D eigenvalue weighted by molar-refractivity contribution is 5.90. The van der Waals surface area contributed by atoms with Gasteiger partial charge in [-0.25, -0.2) is 9.48 Å². The minimum absolute atomic E-state index is 0.00239. The lowest BCUT2D eigenvalue weighted by Crippen LogP contribution is -2.27. The molecule has 5 heteroatoms. The molecule has 0 aliphatic carbocycles. The topological polar surface area (TPSA) is 61.2 Å². The fourth-order valence-corrected chi connectivity index (χ4v) is 2.01. The van der Waals surface area contributed by atoms with Crippen LogP contribution in [-0.4, -0.2) is 22.4 Å². The number of rotatable bonds is 3. The van der Waals surface area contributed by atoms with Gasteiger partial charge in [0, 0.05) is 12.6 Å². The van der Waals surface area contributed by atoms with E-state index in [4.69, 9.17) is 4.74 Å². The van der Waals surface area contributed by atoms with Crippen molar-refractivity contribution in [2.45, 2.75) is 20.8 Å². The number of aromatic nitrogens is 2. The Hall–Kier alpha value is -2.43. The molecule has 21 heavy (non-hydrogen) atoms. The molecule has 2 aromatic rings. The van der Waals surface area contributed by atoms with Gasteiger partial charge < -0.3 is 4.74 Å². The number of hydrogen-bond donors (Lipinski definition) is 0. The lowest BCUT2D eigenvalue weighted by Gasteiger charge is -2.08. The third-order valence-corrected chi connectivity index (χ3v) is 3.36. The summed E-state index contributed by atoms with van der Waals surface area (Å²) in [5.41, 5.74) is 3.28. The van der Waals surface area contributed by atoms with E-state index >= 15 is 0 Å². The third-order valence-electron chi connectivity index (χ3n) is 3.36. The molecule has 0 aliphatic rings. The summed E-state index contributed by atoms with van der Waals surface area (Å²) in [6, 6.07) is 7.38. The first-order chi connectivity index (χ1) is 9.93. The summed E-state index contributed by atoms with van der Waals surface area (Å²) in [5, 5.41) is 4.21. The number of aryl methyl sites for hydroxylation is 3. The van der Waals surface area contributed by atoms with Gasteiger partial charge in [-0.1, -0.05) is 12.1 Å². The SMILES string of the molecule is CCOC(=O)c1cc(-c2ccc(C)c(C)c2)nn(C)c1=O. The van der Waals surface area contributed by atoms with Gasteiger partial charge in [0.2, 0.25) is 0 Å². The Labute approximate surface area is 123 Å². The first-order valence-corrected chi connectivity index (χ1v) is 6.77. The Morgan fingerprint density at radius 2 is 1.95 bits per heavy atom. The molecule has 1 aromatic carbocycles. The number of benzene rings is 1. The minimum atomic E-state index is -0.620. The zero-order valence-corrected chi connectivity index (χ0v) is 12.6. The van der Waals surface area contributed by atoms with Crippen LogP contribution in [0.2, 0.25) is 0 Å². The molecule has 0 radical (unpaired) electrons. The van der Waals surface area contributed by atoms with Crippen LogP contribution in [0.3, 0.4) is 0 Å². The molecule has 0 bridgehead atoms. The fraction of sp³-hybridized carbons (Fsp3) is 0.312. The van der Waals surface area contributed by atoms with E-state index in [1.54, 1.807) is 6.92 Å². The molecule has 0 atom stereocenters. The van der Waals surface area contributed by atoms with E-state index in [-0.39, 0.29) is 12.2 Å². The normalized spacial score (nSPS) is 10.5. The molecule has 1 heterocycles. The predicted octanol–water partition coefficient (Wildman–Crippen LogP) is 2.24. The van der Waals surface area contributed by atoms with Crippen molar-refractivity contribution in [1.82, 2.24) is 9.78 Å². The molecule has 0 amide bonds. The maximum absolute atomic E-state index is 12.0. The van der Waals surface area contributed by atoms with Crippen LogP contribution >= 0.6 is 0 Å². The van der Waals surface area contributed by atoms with Crippen LogP contribution in [0.5, 0.6) is 0 Å². The van der Waals surface area contributed by atoms with Gasteiger partial charge in [-0.2, -0.15) is 5.10 Å². The zero-order valence-electron chi connectivity index (χ0n) is 12.6. The van der Waals surface area contributed by atoms with Gasteiger partial charge in [0.1, 0.15) is 5.56 Å². The lowest BCUT2D eigenvalue weighted by atomic mass is 10.0. The minimum Gasteiger partial charge on any atom is -0.462 e. The van der Waals surface area contributed by atoms with Crippen molar-refractivity contribution in [3.05, 3.63) is 51.3 Å². The summed E-state index contributed by atoms with van der Waals surface area (Å²) < 4.78 is 6.08. The first-order valence-electron chi connectivity index (χ1n) is 6.77. The predicted molar refractivity (Wildman–Crippen MR) is 80.3 cm³/mol. The smallest absolute Gasteiger partial charge is 0.343 e. The van der Waals surface area contributed by atoms with E-state index < -0.39 is 11.5 Å². The molecule has 0 fully saturated rings. The number of hydrogen-bond acceptors (Lipinski definition) is 4. The quantitative estimate of drug-likeness (QED) is 0.812. The van der Waals surface area contributed by atoms with Crippen LogP contribution in [0.15, 0.2) is 29.1 Å². The molecule has 110 valence electrons. The van der Waals surface area contributed by atoms with Crippen LogP contribution in [0.1, 0.15) is 28.4 Å². The molecule has 5 nitrogen and oxygen atoms in total. The average molecular weight is 286 g/mol. The van der Waals surface area contributed by atoms with E-state index in [0.29, 0.717) is 5.69 Å². The van der Waals surface area contributed by atoms with Crippen molar-refractivity contribution in [1.29, 1.82) is 0 Å². The molecular formula is C16H18N2O3. The van der Waals surface area contributed by atoms with Crippen molar-refractivity contribution in [2.24, 2.45) is 7.05 Å². The summed E-state index contributed by atoms with van der Waals surface area (Å²) in [4.78, 5) is 23.8. The highest BCUT2D eigenvalue weighted by Gasteiger charge is 2.16. The van der Waals surface area contributed by atoms with E-state index in [9.17, 15) is 9.59 Å². The Morgan fingerprint density at radius 3 is 2.57 bits per heavy atom. The first kappa shape index (κ1) is 15.0. The van der Waals surface area contributed by atoms with Gasteiger partial charge in [-0.15, -0.1) is 0 Å². The number of ether oxygens (including phenoxy) is 1. The van der Waals surface area contributed by atoms with E-state index in [0.717, 1.165) is 15.8 Å². The van der Waals surface area contributed by atoms with Crippen LogP contribution in [0.25, 0.3) is 11.3 Å². The number of nitrogens with zero attached hydrogens (tertiary/aromatic N) is 2. The van der Waals surface area contributed by atoms with Crippen molar-refractivity contribution in [2.75, 3.05) is 6.61 Å². The summed E-state index contributed by atoms with van der Waals surface area (Å²) in [6.45, 7) is 5.96. The Morgan fingerprint density at radius 1 is 1.24 bits per heavy atom. The molecule has 1 aromatic heterocycles. The van der Waals surface area contributed by atoms with Gasteiger partial charge in [0.15, 0.2) is 0 Å². The summed E-state index contributed by atoms with van der Waals surface area (Å²) >= 11 is 0. The maximum atomic E-state index is 12.0. The second-order valence-electron chi connectivity index (χ2n) is 4.89. The monoisotopic (exact) mass is 286 g/mol. The Bertz CT molecular complexity index is 748. The fourth-order valence-electron chi connectivity index (χ4n) is 2.01. The van der Waals surface area contributed by atoms with Gasteiger partial charge in [-0.05, 0) is 44.0 Å². The Kier molecular flexibility index (Phi) is 4.21. The molecule has 0 unspecified atom stereocenters. The molecule has 0 spiro atoms. The summed E-state index contributed by atoms with van der Waals surface area (Å²) in [7, 11) is 1.52. The van der Waals surface area contributed by atoms with Gasteiger partial charge in [0.05, 0.1) is 12.3 Å². The molecule has 0 aliphatic heterocycles. The van der Waals surface area contributed by atoms with Crippen molar-refractivity contribution >= 4 is 5.97 Å². The number of carbonyl (C=O) groups excluding carboxylic acids is 1.